The van der Waals surface area contributed by atoms with E-state index in [1.54, 1.807) is 7.11 Å². The molecule has 0 radical (unpaired) electrons. The molecule has 1 amide bonds. The van der Waals surface area contributed by atoms with Crippen LogP contribution < -0.4 is 15.0 Å². The van der Waals surface area contributed by atoms with Crippen LogP contribution in [0.15, 0.2) is 54.6 Å². The maximum absolute atomic E-state index is 12.9. The number of hydrogen-bond acceptors (Lipinski definition) is 4. The number of ether oxygens (including phenoxy) is 1. The van der Waals surface area contributed by atoms with Gasteiger partial charge in [0.25, 0.3) is 0 Å². The smallest absolute Gasteiger partial charge is 0.229 e. The monoisotopic (exact) mass is 379 g/mol. The van der Waals surface area contributed by atoms with Crippen molar-refractivity contribution in [2.24, 2.45) is 0 Å². The van der Waals surface area contributed by atoms with Crippen molar-refractivity contribution in [3.05, 3.63) is 60.2 Å². The average molecular weight is 380 g/mol. The van der Waals surface area contributed by atoms with Crippen molar-refractivity contribution in [2.45, 2.75) is 24.8 Å². The van der Waals surface area contributed by atoms with Crippen LogP contribution in [0.25, 0.3) is 0 Å². The molecule has 1 heterocycles. The summed E-state index contributed by atoms with van der Waals surface area (Å²) in [7, 11) is 1.72. The first kappa shape index (κ1) is 18.8. The zero-order valence-electron chi connectivity index (χ0n) is 16.5. The van der Waals surface area contributed by atoms with Crippen molar-refractivity contribution in [2.75, 3.05) is 44.7 Å². The van der Waals surface area contributed by atoms with Crippen LogP contribution >= 0.6 is 0 Å². The van der Waals surface area contributed by atoms with Gasteiger partial charge in [-0.1, -0.05) is 42.5 Å². The van der Waals surface area contributed by atoms with Crippen LogP contribution in [0, 0.1) is 0 Å². The van der Waals surface area contributed by atoms with Gasteiger partial charge in [0.15, 0.2) is 0 Å². The molecule has 2 fully saturated rings. The minimum atomic E-state index is -0.111. The van der Waals surface area contributed by atoms with E-state index in [4.69, 9.17) is 4.74 Å². The Morgan fingerprint density at radius 1 is 1.04 bits per heavy atom. The third-order valence-corrected chi connectivity index (χ3v) is 5.68. The number of para-hydroxylation sites is 2. The molecule has 5 heteroatoms. The van der Waals surface area contributed by atoms with Crippen LogP contribution in [0.2, 0.25) is 0 Å². The number of hydrogen-bond donors (Lipinski definition) is 1. The van der Waals surface area contributed by atoms with E-state index >= 15 is 0 Å². The molecule has 1 atom stereocenters. The Morgan fingerprint density at radius 2 is 1.71 bits per heavy atom. The third-order valence-electron chi connectivity index (χ3n) is 5.68. The summed E-state index contributed by atoms with van der Waals surface area (Å²) in [6, 6.07) is 18.8. The molecule has 1 N–H and O–H groups in total. The third kappa shape index (κ3) is 4.47. The van der Waals surface area contributed by atoms with Gasteiger partial charge in [-0.25, -0.2) is 0 Å². The summed E-state index contributed by atoms with van der Waals surface area (Å²) < 4.78 is 5.51. The summed E-state index contributed by atoms with van der Waals surface area (Å²) in [6.07, 6.45) is 2.23. The van der Waals surface area contributed by atoms with Crippen molar-refractivity contribution in [1.29, 1.82) is 0 Å². The number of rotatable bonds is 7. The van der Waals surface area contributed by atoms with E-state index in [0.717, 1.165) is 62.6 Å². The lowest BCUT2D eigenvalue weighted by Crippen LogP contribution is -2.49. The first-order valence-corrected chi connectivity index (χ1v) is 10.2. The number of amides is 1. The molecule has 1 aliphatic heterocycles. The molecule has 148 valence electrons. The second-order valence-corrected chi connectivity index (χ2v) is 7.71. The lowest BCUT2D eigenvalue weighted by Gasteiger charge is -2.38. The Morgan fingerprint density at radius 3 is 2.39 bits per heavy atom. The van der Waals surface area contributed by atoms with E-state index in [1.165, 1.54) is 0 Å². The highest BCUT2D eigenvalue weighted by Gasteiger charge is 2.30. The summed E-state index contributed by atoms with van der Waals surface area (Å²) in [5.41, 5.74) is 2.25. The fraction of sp³-hybridized carbons (Fsp3) is 0.435. The maximum atomic E-state index is 12.9. The molecule has 0 aromatic heterocycles. The summed E-state index contributed by atoms with van der Waals surface area (Å²) in [6.45, 7) is 4.52. The molecule has 2 aromatic carbocycles. The van der Waals surface area contributed by atoms with Crippen LogP contribution in [0.3, 0.4) is 0 Å². The zero-order chi connectivity index (χ0) is 19.3. The molecule has 1 saturated heterocycles. The number of nitrogens with zero attached hydrogens (tertiary/aromatic N) is 2. The minimum Gasteiger partial charge on any atom is -0.495 e. The second-order valence-electron chi connectivity index (χ2n) is 7.71. The minimum absolute atomic E-state index is 0.111. The molecular weight excluding hydrogens is 350 g/mol. The van der Waals surface area contributed by atoms with Gasteiger partial charge in [-0.05, 0) is 30.5 Å². The maximum Gasteiger partial charge on any atom is 0.229 e. The fourth-order valence-electron chi connectivity index (χ4n) is 3.88. The van der Waals surface area contributed by atoms with Gasteiger partial charge >= 0.3 is 0 Å². The van der Waals surface area contributed by atoms with Gasteiger partial charge in [-0.15, -0.1) is 0 Å². The highest BCUT2D eigenvalue weighted by molar-refractivity contribution is 5.84. The van der Waals surface area contributed by atoms with E-state index in [1.807, 2.05) is 30.3 Å². The van der Waals surface area contributed by atoms with E-state index in [0.29, 0.717) is 6.04 Å². The second kappa shape index (κ2) is 8.65. The summed E-state index contributed by atoms with van der Waals surface area (Å²) in [5, 5.41) is 3.20. The number of methoxy groups -OCH3 is 1. The van der Waals surface area contributed by atoms with Gasteiger partial charge in [0.05, 0.1) is 18.7 Å². The van der Waals surface area contributed by atoms with Crippen molar-refractivity contribution in [3.63, 3.8) is 0 Å². The molecule has 1 unspecified atom stereocenters. The van der Waals surface area contributed by atoms with Crippen LogP contribution in [0.5, 0.6) is 5.75 Å². The molecule has 1 saturated carbocycles. The van der Waals surface area contributed by atoms with Gasteiger partial charge in [-0.2, -0.15) is 0 Å². The normalized spacial score (nSPS) is 18.5. The highest BCUT2D eigenvalue weighted by Crippen LogP contribution is 2.29. The van der Waals surface area contributed by atoms with Gasteiger partial charge in [0.1, 0.15) is 5.75 Å². The molecule has 28 heavy (non-hydrogen) atoms. The Hall–Kier alpha value is -2.53. The van der Waals surface area contributed by atoms with Crippen molar-refractivity contribution in [3.8, 4) is 5.75 Å². The van der Waals surface area contributed by atoms with Crippen LogP contribution in [0.4, 0.5) is 5.69 Å². The Balaban J connectivity index is 1.40. The molecule has 2 aliphatic rings. The summed E-state index contributed by atoms with van der Waals surface area (Å²) in [4.78, 5) is 17.7. The van der Waals surface area contributed by atoms with Crippen LogP contribution in [-0.2, 0) is 4.79 Å². The van der Waals surface area contributed by atoms with Crippen LogP contribution in [-0.4, -0.2) is 56.7 Å². The summed E-state index contributed by atoms with van der Waals surface area (Å²) in [5.74, 6) is 0.974. The SMILES string of the molecule is COc1ccccc1N1CCN(CC(C(=O)NC2CC2)c2ccccc2)CC1. The zero-order valence-corrected chi connectivity index (χ0v) is 16.5. The molecular formula is C23H29N3O2. The van der Waals surface area contributed by atoms with E-state index in [-0.39, 0.29) is 11.8 Å². The standard InChI is InChI=1S/C23H29N3O2/c1-28-22-10-6-5-9-21(22)26-15-13-25(14-16-26)17-20(18-7-3-2-4-8-18)23(27)24-19-11-12-19/h2-10,19-20H,11-17H2,1H3,(H,24,27). The number of carbonyl (C=O) groups is 1. The molecule has 5 nitrogen and oxygen atoms in total. The Bertz CT molecular complexity index is 783. The Labute approximate surface area is 167 Å². The Kier molecular flexibility index (Phi) is 5.81. The van der Waals surface area contributed by atoms with Crippen molar-refractivity contribution >= 4 is 11.6 Å². The number of anilines is 1. The van der Waals surface area contributed by atoms with E-state index in [2.05, 4.69) is 39.4 Å². The number of nitrogens with one attached hydrogen (secondary N) is 1. The van der Waals surface area contributed by atoms with Crippen molar-refractivity contribution in [1.82, 2.24) is 10.2 Å². The van der Waals surface area contributed by atoms with E-state index in [9.17, 15) is 4.79 Å². The predicted molar refractivity (Wildman–Crippen MR) is 112 cm³/mol. The average Bonchev–Trinajstić information content (AvgIpc) is 3.57. The highest BCUT2D eigenvalue weighted by atomic mass is 16.5. The quantitative estimate of drug-likeness (QED) is 0.804. The lowest BCUT2D eigenvalue weighted by atomic mass is 9.97. The first-order chi connectivity index (χ1) is 13.7. The van der Waals surface area contributed by atoms with Gasteiger partial charge in [0, 0.05) is 38.8 Å². The first-order valence-electron chi connectivity index (χ1n) is 10.2. The van der Waals surface area contributed by atoms with E-state index < -0.39 is 0 Å². The molecule has 1 aliphatic carbocycles. The van der Waals surface area contributed by atoms with Crippen molar-refractivity contribution < 1.29 is 9.53 Å². The van der Waals surface area contributed by atoms with Gasteiger partial charge in [0.2, 0.25) is 5.91 Å². The molecule has 2 aromatic rings. The number of benzene rings is 2. The fourth-order valence-corrected chi connectivity index (χ4v) is 3.88. The molecule has 4 rings (SSSR count). The lowest BCUT2D eigenvalue weighted by molar-refractivity contribution is -0.123. The molecule has 0 bridgehead atoms. The topological polar surface area (TPSA) is 44.8 Å². The predicted octanol–water partition coefficient (Wildman–Crippen LogP) is 2.88. The number of carbonyl (C=O) groups excluding carboxylic acids is 1. The molecule has 0 spiro atoms. The van der Waals surface area contributed by atoms with Gasteiger partial charge in [-0.3, -0.25) is 9.69 Å². The van der Waals surface area contributed by atoms with Crippen LogP contribution in [0.1, 0.15) is 24.3 Å². The summed E-state index contributed by atoms with van der Waals surface area (Å²) >= 11 is 0. The number of piperazine rings is 1. The van der Waals surface area contributed by atoms with Gasteiger partial charge < -0.3 is 15.0 Å². The largest absolute Gasteiger partial charge is 0.495 e.